The van der Waals surface area contributed by atoms with Crippen LogP contribution in [0.5, 0.6) is 0 Å². The molecule has 0 spiro atoms. The maximum atomic E-state index is 8.29. The van der Waals surface area contributed by atoms with Crippen LogP contribution in [0.1, 0.15) is 13.3 Å². The summed E-state index contributed by atoms with van der Waals surface area (Å²) < 4.78 is 0. The fourth-order valence-electron chi connectivity index (χ4n) is 0.335. The first kappa shape index (κ1) is 7.62. The first-order valence-electron chi connectivity index (χ1n) is 2.46. The van der Waals surface area contributed by atoms with Crippen molar-refractivity contribution in [3.8, 4) is 0 Å². The molecule has 0 aromatic heterocycles. The van der Waals surface area contributed by atoms with Crippen molar-refractivity contribution in [2.45, 2.75) is 19.4 Å². The van der Waals surface area contributed by atoms with Crippen molar-refractivity contribution in [3.63, 3.8) is 0 Å². The van der Waals surface area contributed by atoms with Gasteiger partial charge in [0.2, 0.25) is 0 Å². The van der Waals surface area contributed by atoms with Gasteiger partial charge in [-0.3, -0.25) is 10.4 Å². The Morgan fingerprint density at radius 3 is 2.38 bits per heavy atom. The van der Waals surface area contributed by atoms with Crippen LogP contribution in [0.15, 0.2) is 12.7 Å². The van der Waals surface area contributed by atoms with Crippen LogP contribution in [-0.2, 0) is 0 Å². The average Bonchev–Trinajstić information content (AvgIpc) is 1.67. The minimum Gasteiger partial charge on any atom is -0.289 e. The van der Waals surface area contributed by atoms with E-state index >= 15 is 0 Å². The summed E-state index contributed by atoms with van der Waals surface area (Å²) in [6.45, 7) is 5.12. The number of hydroxylamine groups is 2. The molecule has 8 heavy (non-hydrogen) atoms. The molecule has 0 aromatic rings. The third-order valence-corrected chi connectivity index (χ3v) is 0.902. The Labute approximate surface area is 48.8 Å². The van der Waals surface area contributed by atoms with E-state index in [9.17, 15) is 0 Å². The fraction of sp³-hybridized carbons (Fsp3) is 0.600. The Hall–Kier alpha value is -0.380. The summed E-state index contributed by atoms with van der Waals surface area (Å²) in [5.41, 5.74) is 0. The molecule has 1 atom stereocenters. The Morgan fingerprint density at radius 2 is 2.25 bits per heavy atom. The van der Waals surface area contributed by atoms with Crippen molar-refractivity contribution in [3.05, 3.63) is 12.7 Å². The lowest BCUT2D eigenvalue weighted by Crippen LogP contribution is -2.24. The van der Waals surface area contributed by atoms with Crippen LogP contribution in [0.25, 0.3) is 0 Å². The zero-order valence-corrected chi connectivity index (χ0v) is 4.91. The number of hydrogen-bond acceptors (Lipinski definition) is 3. The molecule has 1 unspecified atom stereocenters. The Bertz CT molecular complexity index is 72.8. The van der Waals surface area contributed by atoms with Gasteiger partial charge in [-0.25, -0.2) is 0 Å². The lowest BCUT2D eigenvalue weighted by Gasteiger charge is -2.12. The molecule has 3 heteroatoms. The first-order chi connectivity index (χ1) is 3.68. The largest absolute Gasteiger partial charge is 0.289 e. The summed E-state index contributed by atoms with van der Waals surface area (Å²) in [5.74, 6) is 0. The first-order valence-corrected chi connectivity index (χ1v) is 2.46. The molecule has 0 bridgehead atoms. The molecule has 0 aromatic carbocycles. The highest BCUT2D eigenvalue weighted by molar-refractivity contribution is 4.71. The topological polar surface area (TPSA) is 43.7 Å². The highest BCUT2D eigenvalue weighted by Crippen LogP contribution is 1.95. The lowest BCUT2D eigenvalue weighted by molar-refractivity contribution is -0.328. The summed E-state index contributed by atoms with van der Waals surface area (Å²) in [7, 11) is 0. The van der Waals surface area contributed by atoms with Crippen LogP contribution in [-0.4, -0.2) is 21.7 Å². The highest BCUT2D eigenvalue weighted by atomic mass is 16.8. The van der Waals surface area contributed by atoms with Crippen LogP contribution >= 0.6 is 0 Å². The molecule has 0 rings (SSSR count). The van der Waals surface area contributed by atoms with Gasteiger partial charge in [-0.1, -0.05) is 11.3 Å². The van der Waals surface area contributed by atoms with Gasteiger partial charge in [0.05, 0.1) is 6.04 Å². The van der Waals surface area contributed by atoms with E-state index in [1.165, 1.54) is 0 Å². The van der Waals surface area contributed by atoms with Crippen LogP contribution in [0.4, 0.5) is 0 Å². The Balaban J connectivity index is 3.30. The molecule has 0 radical (unpaired) electrons. The second-order valence-electron chi connectivity index (χ2n) is 1.69. The average molecular weight is 117 g/mol. The summed E-state index contributed by atoms with van der Waals surface area (Å²) in [4.78, 5) is 0. The Kier molecular flexibility index (Phi) is 3.43. The molecule has 0 aliphatic heterocycles. The fourth-order valence-corrected chi connectivity index (χ4v) is 0.335. The Morgan fingerprint density at radius 1 is 1.75 bits per heavy atom. The van der Waals surface area contributed by atoms with Gasteiger partial charge in [0.25, 0.3) is 0 Å². The predicted octanol–water partition coefficient (Wildman–Crippen LogP) is 1.03. The van der Waals surface area contributed by atoms with Gasteiger partial charge in [0, 0.05) is 0 Å². The van der Waals surface area contributed by atoms with E-state index in [4.69, 9.17) is 10.4 Å². The van der Waals surface area contributed by atoms with Gasteiger partial charge in [0.15, 0.2) is 0 Å². The van der Waals surface area contributed by atoms with Crippen LogP contribution < -0.4 is 0 Å². The quantitative estimate of drug-likeness (QED) is 0.428. The van der Waals surface area contributed by atoms with Gasteiger partial charge in [-0.05, 0) is 13.3 Å². The normalized spacial score (nSPS) is 14.0. The second-order valence-corrected chi connectivity index (χ2v) is 1.69. The third-order valence-electron chi connectivity index (χ3n) is 0.902. The summed E-state index contributed by atoms with van der Waals surface area (Å²) in [6.07, 6.45) is 2.21. The monoisotopic (exact) mass is 117 g/mol. The zero-order chi connectivity index (χ0) is 6.57. The van der Waals surface area contributed by atoms with E-state index in [0.717, 1.165) is 0 Å². The van der Waals surface area contributed by atoms with Crippen LogP contribution in [0, 0.1) is 0 Å². The maximum absolute atomic E-state index is 8.29. The summed E-state index contributed by atoms with van der Waals surface area (Å²) in [6, 6.07) is -0.257. The van der Waals surface area contributed by atoms with Crippen molar-refractivity contribution in [1.82, 2.24) is 5.23 Å². The molecule has 0 aliphatic carbocycles. The van der Waals surface area contributed by atoms with E-state index in [-0.39, 0.29) is 11.3 Å². The smallest absolute Gasteiger partial charge is 0.0629 e. The molecular formula is C5H11NO2. The van der Waals surface area contributed by atoms with E-state index in [2.05, 4.69) is 6.58 Å². The molecule has 0 aliphatic rings. The number of rotatable bonds is 3. The van der Waals surface area contributed by atoms with Crippen molar-refractivity contribution < 1.29 is 10.4 Å². The molecule has 0 amide bonds. The highest BCUT2D eigenvalue weighted by Gasteiger charge is 2.03. The zero-order valence-electron chi connectivity index (χ0n) is 4.91. The third kappa shape index (κ3) is 2.74. The van der Waals surface area contributed by atoms with Crippen molar-refractivity contribution in [1.29, 1.82) is 0 Å². The van der Waals surface area contributed by atoms with Crippen LogP contribution in [0.3, 0.4) is 0 Å². The molecule has 0 heterocycles. The minimum absolute atomic E-state index is 0.182. The maximum Gasteiger partial charge on any atom is 0.0629 e. The second kappa shape index (κ2) is 3.60. The molecule has 3 nitrogen and oxygen atoms in total. The lowest BCUT2D eigenvalue weighted by atomic mass is 10.2. The molecule has 2 N–H and O–H groups in total. The standard InChI is InChI=1S/C5H11NO2/c1-3-4-5(2)6(7)8/h3,5,7-8H,1,4H2,2H3. The number of hydrogen-bond donors (Lipinski definition) is 2. The van der Waals surface area contributed by atoms with Gasteiger partial charge in [0.1, 0.15) is 0 Å². The van der Waals surface area contributed by atoms with E-state index in [1.807, 2.05) is 0 Å². The van der Waals surface area contributed by atoms with Gasteiger partial charge < -0.3 is 0 Å². The molecule has 0 saturated carbocycles. The van der Waals surface area contributed by atoms with Gasteiger partial charge in [-0.15, -0.1) is 6.58 Å². The number of nitrogens with zero attached hydrogens (tertiary/aromatic N) is 1. The van der Waals surface area contributed by atoms with Gasteiger partial charge >= 0.3 is 0 Å². The van der Waals surface area contributed by atoms with E-state index < -0.39 is 0 Å². The summed E-state index contributed by atoms with van der Waals surface area (Å²) >= 11 is 0. The SMILES string of the molecule is C=CCC(C)N(O)O. The molecule has 48 valence electrons. The van der Waals surface area contributed by atoms with E-state index in [1.54, 1.807) is 13.0 Å². The van der Waals surface area contributed by atoms with E-state index in [0.29, 0.717) is 6.42 Å². The van der Waals surface area contributed by atoms with Crippen molar-refractivity contribution in [2.24, 2.45) is 0 Å². The van der Waals surface area contributed by atoms with Gasteiger partial charge in [-0.2, -0.15) is 0 Å². The molecule has 0 saturated heterocycles. The molecular weight excluding hydrogens is 106 g/mol. The van der Waals surface area contributed by atoms with Crippen molar-refractivity contribution in [2.75, 3.05) is 0 Å². The van der Waals surface area contributed by atoms with Crippen molar-refractivity contribution >= 4 is 0 Å². The van der Waals surface area contributed by atoms with Crippen LogP contribution in [0.2, 0.25) is 0 Å². The molecule has 0 fully saturated rings. The summed E-state index contributed by atoms with van der Waals surface area (Å²) in [5, 5.41) is 16.8. The predicted molar refractivity (Wildman–Crippen MR) is 29.7 cm³/mol. The minimum atomic E-state index is -0.257.